The normalized spacial score (nSPS) is 14.9. The summed E-state index contributed by atoms with van der Waals surface area (Å²) in [6.45, 7) is 4.62. The molecule has 6 nitrogen and oxygen atoms in total. The Bertz CT molecular complexity index is 655. The fourth-order valence-corrected chi connectivity index (χ4v) is 3.06. The minimum atomic E-state index is -0.191. The molecule has 2 rings (SSSR count). The molecular weight excluding hydrogens is 342 g/mol. The largest absolute Gasteiger partial charge is 0.343 e. The smallest absolute Gasteiger partial charge is 0.227 e. The van der Waals surface area contributed by atoms with Gasteiger partial charge in [0.05, 0.1) is 10.7 Å². The zero-order valence-corrected chi connectivity index (χ0v) is 15.4. The molecule has 0 unspecified atom stereocenters. The Labute approximate surface area is 152 Å². The molecule has 1 aliphatic heterocycles. The van der Waals surface area contributed by atoms with E-state index < -0.39 is 0 Å². The maximum absolute atomic E-state index is 12.5. The van der Waals surface area contributed by atoms with Gasteiger partial charge in [-0.25, -0.2) is 0 Å². The second-order valence-electron chi connectivity index (χ2n) is 6.27. The lowest BCUT2D eigenvalue weighted by atomic mass is 9.95. The first-order valence-electron chi connectivity index (χ1n) is 8.56. The highest BCUT2D eigenvalue weighted by molar-refractivity contribution is 6.33. The van der Waals surface area contributed by atoms with Crippen LogP contribution in [-0.2, 0) is 14.4 Å². The minimum absolute atomic E-state index is 0.107. The molecule has 0 radical (unpaired) electrons. The lowest BCUT2D eigenvalue weighted by Crippen LogP contribution is -2.41. The molecule has 0 saturated carbocycles. The molecule has 25 heavy (non-hydrogen) atoms. The number of piperidine rings is 1. The Morgan fingerprint density at radius 3 is 2.48 bits per heavy atom. The highest BCUT2D eigenvalue weighted by Gasteiger charge is 2.27. The molecule has 1 saturated heterocycles. The molecule has 0 bridgehead atoms. The summed E-state index contributed by atoms with van der Waals surface area (Å²) in [5, 5.41) is 5.91. The van der Waals surface area contributed by atoms with E-state index in [4.69, 9.17) is 11.6 Å². The van der Waals surface area contributed by atoms with Crippen molar-refractivity contribution >= 4 is 40.7 Å². The van der Waals surface area contributed by atoms with Gasteiger partial charge >= 0.3 is 0 Å². The number of halogens is 1. The Kier molecular flexibility index (Phi) is 6.82. The van der Waals surface area contributed by atoms with Crippen LogP contribution in [-0.4, -0.2) is 35.7 Å². The van der Waals surface area contributed by atoms with E-state index in [1.54, 1.807) is 18.2 Å². The first-order chi connectivity index (χ1) is 11.9. The fraction of sp³-hybridized carbons (Fsp3) is 0.500. The van der Waals surface area contributed by atoms with Crippen molar-refractivity contribution in [2.75, 3.05) is 23.7 Å². The minimum Gasteiger partial charge on any atom is -0.343 e. The summed E-state index contributed by atoms with van der Waals surface area (Å²) in [4.78, 5) is 37.4. The van der Waals surface area contributed by atoms with Crippen LogP contribution >= 0.6 is 11.6 Å². The standard InChI is InChI=1S/C18H24ClN3O3/c1-3-4-17(24)22-9-7-13(8-10-22)18(25)21-16-11-14(20-12(2)23)5-6-15(16)19/h5-6,11,13H,3-4,7-10H2,1-2H3,(H,20,23)(H,21,25). The van der Waals surface area contributed by atoms with Gasteiger partial charge in [0.15, 0.2) is 0 Å². The number of amides is 3. The number of nitrogens with zero attached hydrogens (tertiary/aromatic N) is 1. The summed E-state index contributed by atoms with van der Waals surface area (Å²) in [5.41, 5.74) is 1.05. The monoisotopic (exact) mass is 365 g/mol. The highest BCUT2D eigenvalue weighted by Crippen LogP contribution is 2.27. The Morgan fingerprint density at radius 2 is 1.88 bits per heavy atom. The van der Waals surface area contributed by atoms with Gasteiger partial charge < -0.3 is 15.5 Å². The third-order valence-electron chi connectivity index (χ3n) is 4.23. The van der Waals surface area contributed by atoms with E-state index in [1.807, 2.05) is 11.8 Å². The van der Waals surface area contributed by atoms with Gasteiger partial charge in [0, 0.05) is 38.0 Å². The van der Waals surface area contributed by atoms with Crippen molar-refractivity contribution in [2.45, 2.75) is 39.5 Å². The summed E-state index contributed by atoms with van der Waals surface area (Å²) in [6, 6.07) is 4.95. The van der Waals surface area contributed by atoms with Crippen molar-refractivity contribution in [3.63, 3.8) is 0 Å². The van der Waals surface area contributed by atoms with Crippen LogP contribution in [0.2, 0.25) is 5.02 Å². The van der Waals surface area contributed by atoms with Crippen molar-refractivity contribution in [1.29, 1.82) is 0 Å². The van der Waals surface area contributed by atoms with Gasteiger partial charge in [-0.15, -0.1) is 0 Å². The van der Waals surface area contributed by atoms with Crippen LogP contribution in [0.1, 0.15) is 39.5 Å². The van der Waals surface area contributed by atoms with Crippen molar-refractivity contribution in [3.05, 3.63) is 23.2 Å². The van der Waals surface area contributed by atoms with E-state index in [0.29, 0.717) is 48.7 Å². The molecule has 2 N–H and O–H groups in total. The number of benzene rings is 1. The first kappa shape index (κ1) is 19.2. The summed E-state index contributed by atoms with van der Waals surface area (Å²) < 4.78 is 0. The maximum atomic E-state index is 12.5. The summed E-state index contributed by atoms with van der Waals surface area (Å²) >= 11 is 6.13. The fourth-order valence-electron chi connectivity index (χ4n) is 2.90. The lowest BCUT2D eigenvalue weighted by Gasteiger charge is -2.31. The van der Waals surface area contributed by atoms with Gasteiger partial charge in [-0.05, 0) is 37.5 Å². The van der Waals surface area contributed by atoms with Crippen molar-refractivity contribution in [2.24, 2.45) is 5.92 Å². The Hall–Kier alpha value is -2.08. The molecule has 0 spiro atoms. The number of hydrogen-bond donors (Lipinski definition) is 2. The van der Waals surface area contributed by atoms with Crippen LogP contribution in [0, 0.1) is 5.92 Å². The quantitative estimate of drug-likeness (QED) is 0.840. The number of carbonyl (C=O) groups is 3. The molecule has 136 valence electrons. The Balaban J connectivity index is 1.94. The molecule has 1 fully saturated rings. The predicted molar refractivity (Wildman–Crippen MR) is 98.6 cm³/mol. The van der Waals surface area contributed by atoms with Gasteiger partial charge in [-0.3, -0.25) is 14.4 Å². The molecule has 0 atom stereocenters. The number of carbonyl (C=O) groups excluding carboxylic acids is 3. The summed E-state index contributed by atoms with van der Waals surface area (Å²) in [6.07, 6.45) is 2.68. The van der Waals surface area contributed by atoms with E-state index in [0.717, 1.165) is 6.42 Å². The maximum Gasteiger partial charge on any atom is 0.227 e. The van der Waals surface area contributed by atoms with E-state index >= 15 is 0 Å². The molecule has 1 aromatic carbocycles. The number of hydrogen-bond acceptors (Lipinski definition) is 3. The van der Waals surface area contributed by atoms with Crippen molar-refractivity contribution in [3.8, 4) is 0 Å². The highest BCUT2D eigenvalue weighted by atomic mass is 35.5. The van der Waals surface area contributed by atoms with Gasteiger partial charge in [0.1, 0.15) is 0 Å². The average molecular weight is 366 g/mol. The third-order valence-corrected chi connectivity index (χ3v) is 4.56. The first-order valence-corrected chi connectivity index (χ1v) is 8.94. The van der Waals surface area contributed by atoms with Crippen molar-refractivity contribution < 1.29 is 14.4 Å². The SMILES string of the molecule is CCCC(=O)N1CCC(C(=O)Nc2cc(NC(C)=O)ccc2Cl)CC1. The number of nitrogens with one attached hydrogen (secondary N) is 2. The van der Waals surface area contributed by atoms with E-state index in [9.17, 15) is 14.4 Å². The van der Waals surface area contributed by atoms with Crippen LogP contribution in [0.4, 0.5) is 11.4 Å². The second kappa shape index (κ2) is 8.85. The van der Waals surface area contributed by atoms with Crippen molar-refractivity contribution in [1.82, 2.24) is 4.90 Å². The van der Waals surface area contributed by atoms with E-state index in [1.165, 1.54) is 6.92 Å². The molecule has 3 amide bonds. The third kappa shape index (κ3) is 5.46. The van der Waals surface area contributed by atoms with Crippen LogP contribution in [0.15, 0.2) is 18.2 Å². The van der Waals surface area contributed by atoms with Gasteiger partial charge in [0.2, 0.25) is 17.7 Å². The molecule has 0 aliphatic carbocycles. The lowest BCUT2D eigenvalue weighted by molar-refractivity contribution is -0.134. The number of anilines is 2. The zero-order valence-electron chi connectivity index (χ0n) is 14.6. The molecule has 1 heterocycles. The topological polar surface area (TPSA) is 78.5 Å². The van der Waals surface area contributed by atoms with Crippen LogP contribution in [0.5, 0.6) is 0 Å². The molecule has 0 aromatic heterocycles. The summed E-state index contributed by atoms with van der Waals surface area (Å²) in [5.74, 6) is -0.285. The Morgan fingerprint density at radius 1 is 1.20 bits per heavy atom. The van der Waals surface area contributed by atoms with E-state index in [2.05, 4.69) is 10.6 Å². The second-order valence-corrected chi connectivity index (χ2v) is 6.68. The predicted octanol–water partition coefficient (Wildman–Crippen LogP) is 3.28. The number of likely N-dealkylation sites (tertiary alicyclic amines) is 1. The van der Waals surface area contributed by atoms with E-state index in [-0.39, 0.29) is 23.6 Å². The number of rotatable bonds is 5. The van der Waals surface area contributed by atoms with Crippen LogP contribution < -0.4 is 10.6 Å². The zero-order chi connectivity index (χ0) is 18.4. The van der Waals surface area contributed by atoms with Crippen LogP contribution in [0.25, 0.3) is 0 Å². The molecule has 1 aromatic rings. The summed E-state index contributed by atoms with van der Waals surface area (Å²) in [7, 11) is 0. The van der Waals surface area contributed by atoms with Gasteiger partial charge in [-0.2, -0.15) is 0 Å². The van der Waals surface area contributed by atoms with Gasteiger partial charge in [-0.1, -0.05) is 18.5 Å². The molecule has 1 aliphatic rings. The van der Waals surface area contributed by atoms with Crippen LogP contribution in [0.3, 0.4) is 0 Å². The molecular formula is C18H24ClN3O3. The van der Waals surface area contributed by atoms with Gasteiger partial charge in [0.25, 0.3) is 0 Å². The average Bonchev–Trinajstić information content (AvgIpc) is 2.57. The molecule has 7 heteroatoms.